The normalized spacial score (nSPS) is 20.6. The van der Waals surface area contributed by atoms with E-state index in [1.54, 1.807) is 6.07 Å². The SMILES string of the molecule is Cc1c(C(=O)O)ccc2c1nc(Nc1ccc(C(C)C)cc1)n2[C@@H]1C[C@H](C)CC(C)(C)C1. The van der Waals surface area contributed by atoms with Crippen LogP contribution in [0.25, 0.3) is 11.0 Å². The molecule has 0 unspecified atom stereocenters. The number of aromatic carboxylic acids is 1. The Labute approximate surface area is 190 Å². The molecule has 1 fully saturated rings. The molecule has 5 nitrogen and oxygen atoms in total. The number of aryl methyl sites for hydroxylation is 1. The molecule has 4 rings (SSSR count). The standard InChI is InChI=1S/C27H35N3O2/c1-16(2)19-7-9-20(10-8-19)28-26-29-24-18(4)22(25(31)32)11-12-23(24)30(26)21-13-17(3)14-27(5,6)15-21/h7-12,16-17,21H,13-15H2,1-6H3,(H,28,29)(H,31,32)/t17-,21+/m0/s1. The highest BCUT2D eigenvalue weighted by atomic mass is 16.4. The van der Waals surface area contributed by atoms with Crippen molar-refractivity contribution in [2.24, 2.45) is 11.3 Å². The molecule has 2 aromatic carbocycles. The minimum Gasteiger partial charge on any atom is -0.478 e. The molecule has 1 saturated carbocycles. The van der Waals surface area contributed by atoms with Crippen molar-refractivity contribution in [1.82, 2.24) is 9.55 Å². The Morgan fingerprint density at radius 1 is 1.16 bits per heavy atom. The smallest absolute Gasteiger partial charge is 0.336 e. The van der Waals surface area contributed by atoms with Gasteiger partial charge in [0, 0.05) is 11.7 Å². The lowest BCUT2D eigenvalue weighted by molar-refractivity contribution is 0.0696. The van der Waals surface area contributed by atoms with Crippen LogP contribution in [0.15, 0.2) is 36.4 Å². The van der Waals surface area contributed by atoms with Crippen LogP contribution in [0.4, 0.5) is 11.6 Å². The summed E-state index contributed by atoms with van der Waals surface area (Å²) < 4.78 is 2.32. The average Bonchev–Trinajstić information content (AvgIpc) is 3.05. The van der Waals surface area contributed by atoms with E-state index >= 15 is 0 Å². The first-order chi connectivity index (χ1) is 15.1. The minimum atomic E-state index is -0.912. The van der Waals surface area contributed by atoms with Gasteiger partial charge in [0.1, 0.15) is 0 Å². The van der Waals surface area contributed by atoms with E-state index in [9.17, 15) is 9.90 Å². The summed E-state index contributed by atoms with van der Waals surface area (Å²) in [6, 6.07) is 12.5. The van der Waals surface area contributed by atoms with Gasteiger partial charge >= 0.3 is 5.97 Å². The van der Waals surface area contributed by atoms with E-state index in [0.717, 1.165) is 41.1 Å². The minimum absolute atomic E-state index is 0.255. The number of nitrogens with zero attached hydrogens (tertiary/aromatic N) is 2. The van der Waals surface area contributed by atoms with Crippen molar-refractivity contribution < 1.29 is 9.90 Å². The van der Waals surface area contributed by atoms with Gasteiger partial charge in [-0.15, -0.1) is 0 Å². The molecular formula is C27H35N3O2. The molecule has 1 aliphatic carbocycles. The van der Waals surface area contributed by atoms with Crippen LogP contribution in [0.5, 0.6) is 0 Å². The maximum atomic E-state index is 11.7. The largest absolute Gasteiger partial charge is 0.478 e. The Bertz CT molecular complexity index is 1140. The Hall–Kier alpha value is -2.82. The van der Waals surface area contributed by atoms with Gasteiger partial charge in [0.05, 0.1) is 16.6 Å². The molecule has 170 valence electrons. The van der Waals surface area contributed by atoms with Crippen molar-refractivity contribution in [2.75, 3.05) is 5.32 Å². The highest BCUT2D eigenvalue weighted by Crippen LogP contribution is 2.46. The number of carbonyl (C=O) groups is 1. The number of imidazole rings is 1. The summed E-state index contributed by atoms with van der Waals surface area (Å²) in [7, 11) is 0. The third-order valence-electron chi connectivity index (χ3n) is 6.91. The number of nitrogens with one attached hydrogen (secondary N) is 1. The first-order valence-electron chi connectivity index (χ1n) is 11.7. The molecular weight excluding hydrogens is 398 g/mol. The zero-order chi connectivity index (χ0) is 23.2. The van der Waals surface area contributed by atoms with E-state index in [2.05, 4.69) is 68.8 Å². The van der Waals surface area contributed by atoms with Gasteiger partial charge in [0.2, 0.25) is 5.95 Å². The molecule has 0 aliphatic heterocycles. The second-order valence-electron chi connectivity index (χ2n) is 10.7. The molecule has 1 aliphatic rings. The molecule has 1 aromatic heterocycles. The van der Waals surface area contributed by atoms with Gasteiger partial charge in [-0.3, -0.25) is 0 Å². The molecule has 0 amide bonds. The molecule has 32 heavy (non-hydrogen) atoms. The summed E-state index contributed by atoms with van der Waals surface area (Å²) >= 11 is 0. The predicted molar refractivity (Wildman–Crippen MR) is 131 cm³/mol. The number of hydrogen-bond donors (Lipinski definition) is 2. The topological polar surface area (TPSA) is 67.2 Å². The number of carboxylic acids is 1. The third-order valence-corrected chi connectivity index (χ3v) is 6.91. The second kappa shape index (κ2) is 8.27. The zero-order valence-corrected chi connectivity index (χ0v) is 20.1. The van der Waals surface area contributed by atoms with Gasteiger partial charge in [-0.1, -0.05) is 46.8 Å². The lowest BCUT2D eigenvalue weighted by Crippen LogP contribution is -2.29. The van der Waals surface area contributed by atoms with Crippen LogP contribution in [0.3, 0.4) is 0 Å². The van der Waals surface area contributed by atoms with E-state index in [-0.39, 0.29) is 5.41 Å². The van der Waals surface area contributed by atoms with E-state index in [1.807, 2.05) is 13.0 Å². The number of rotatable bonds is 5. The highest BCUT2D eigenvalue weighted by Gasteiger charge is 2.35. The van der Waals surface area contributed by atoms with Crippen LogP contribution in [0, 0.1) is 18.3 Å². The van der Waals surface area contributed by atoms with Crippen LogP contribution in [-0.2, 0) is 0 Å². The third kappa shape index (κ3) is 4.25. The van der Waals surface area contributed by atoms with Crippen LogP contribution in [0.2, 0.25) is 0 Å². The molecule has 0 saturated heterocycles. The van der Waals surface area contributed by atoms with Gasteiger partial charge in [-0.25, -0.2) is 9.78 Å². The molecule has 1 heterocycles. The average molecular weight is 434 g/mol. The summed E-state index contributed by atoms with van der Waals surface area (Å²) in [4.78, 5) is 16.7. The van der Waals surface area contributed by atoms with Gasteiger partial charge in [0.15, 0.2) is 0 Å². The molecule has 3 aromatic rings. The predicted octanol–water partition coefficient (Wildman–Crippen LogP) is 7.30. The molecule has 5 heteroatoms. The van der Waals surface area contributed by atoms with Crippen molar-refractivity contribution >= 4 is 28.6 Å². The summed E-state index contributed by atoms with van der Waals surface area (Å²) in [6.07, 6.45) is 3.39. The van der Waals surface area contributed by atoms with E-state index in [1.165, 1.54) is 12.0 Å². The fourth-order valence-corrected chi connectivity index (χ4v) is 5.56. The Morgan fingerprint density at radius 2 is 1.84 bits per heavy atom. The monoisotopic (exact) mass is 433 g/mol. The number of fused-ring (bicyclic) bond motifs is 1. The number of anilines is 2. The van der Waals surface area contributed by atoms with Crippen molar-refractivity contribution in [3.8, 4) is 0 Å². The van der Waals surface area contributed by atoms with Gasteiger partial charge < -0.3 is 15.0 Å². The summed E-state index contributed by atoms with van der Waals surface area (Å²) in [5.41, 5.74) is 5.35. The molecule has 2 atom stereocenters. The quantitative estimate of drug-likeness (QED) is 0.443. The fraction of sp³-hybridized carbons (Fsp3) is 0.481. The summed E-state index contributed by atoms with van der Waals surface area (Å²) in [5, 5.41) is 13.2. The fourth-order valence-electron chi connectivity index (χ4n) is 5.56. The Balaban J connectivity index is 1.83. The van der Waals surface area contributed by atoms with Crippen LogP contribution in [0.1, 0.15) is 87.3 Å². The number of benzene rings is 2. The van der Waals surface area contributed by atoms with Crippen LogP contribution < -0.4 is 5.32 Å². The number of hydrogen-bond acceptors (Lipinski definition) is 3. The summed E-state index contributed by atoms with van der Waals surface area (Å²) in [5.74, 6) is 0.985. The molecule has 0 bridgehead atoms. The maximum absolute atomic E-state index is 11.7. The van der Waals surface area contributed by atoms with Crippen molar-refractivity contribution in [2.45, 2.75) is 72.8 Å². The van der Waals surface area contributed by atoms with E-state index < -0.39 is 5.97 Å². The highest BCUT2D eigenvalue weighted by molar-refractivity contribution is 5.96. The lowest BCUT2D eigenvalue weighted by atomic mass is 9.70. The first-order valence-corrected chi connectivity index (χ1v) is 11.7. The van der Waals surface area contributed by atoms with Crippen molar-refractivity contribution in [1.29, 1.82) is 0 Å². The first kappa shape index (κ1) is 22.4. The number of carboxylic acid groups (broad SMARTS) is 1. The van der Waals surface area contributed by atoms with Gasteiger partial charge in [-0.05, 0) is 78.8 Å². The van der Waals surface area contributed by atoms with Gasteiger partial charge in [-0.2, -0.15) is 0 Å². The molecule has 0 spiro atoms. The summed E-state index contributed by atoms with van der Waals surface area (Å²) in [6.45, 7) is 13.3. The van der Waals surface area contributed by atoms with Crippen LogP contribution >= 0.6 is 0 Å². The number of aromatic nitrogens is 2. The molecule has 0 radical (unpaired) electrons. The Morgan fingerprint density at radius 3 is 2.44 bits per heavy atom. The van der Waals surface area contributed by atoms with E-state index in [0.29, 0.717) is 23.4 Å². The van der Waals surface area contributed by atoms with Crippen molar-refractivity contribution in [3.63, 3.8) is 0 Å². The van der Waals surface area contributed by atoms with Crippen molar-refractivity contribution in [3.05, 3.63) is 53.1 Å². The van der Waals surface area contributed by atoms with E-state index in [4.69, 9.17) is 4.98 Å². The zero-order valence-electron chi connectivity index (χ0n) is 20.1. The lowest BCUT2D eigenvalue weighted by Gasteiger charge is -2.40. The Kier molecular flexibility index (Phi) is 5.78. The molecule has 2 N–H and O–H groups in total. The van der Waals surface area contributed by atoms with Crippen LogP contribution in [-0.4, -0.2) is 20.6 Å². The second-order valence-corrected chi connectivity index (χ2v) is 10.7. The van der Waals surface area contributed by atoms with Gasteiger partial charge in [0.25, 0.3) is 0 Å². The maximum Gasteiger partial charge on any atom is 0.336 e.